The molecule has 0 aliphatic carbocycles. The van der Waals surface area contributed by atoms with Crippen LogP contribution in [0.1, 0.15) is 5.56 Å². The minimum Gasteiger partial charge on any atom is -0.399 e. The lowest BCUT2D eigenvalue weighted by Crippen LogP contribution is -2.00. The molecule has 0 fully saturated rings. The smallest absolute Gasteiger partial charge is 0.0415 e. The first-order chi connectivity index (χ1) is 10.2. The third-order valence-corrected chi connectivity index (χ3v) is 4.16. The van der Waals surface area contributed by atoms with Gasteiger partial charge >= 0.3 is 0 Å². The van der Waals surface area contributed by atoms with E-state index in [1.807, 2.05) is 36.4 Å². The summed E-state index contributed by atoms with van der Waals surface area (Å²) in [5.41, 5.74) is 17.9. The minimum atomic E-state index is 0.729. The molecule has 0 spiro atoms. The second-order valence-electron chi connectivity index (χ2n) is 4.88. The van der Waals surface area contributed by atoms with E-state index < -0.39 is 0 Å². The maximum Gasteiger partial charge on any atom is 0.0415 e. The third-order valence-electron chi connectivity index (χ3n) is 3.37. The molecular weight excluding hydrogens is 278 g/mol. The molecule has 0 aliphatic rings. The quantitative estimate of drug-likeness (QED) is 0.632. The van der Waals surface area contributed by atoms with Gasteiger partial charge in [-0.3, -0.25) is 0 Å². The fourth-order valence-corrected chi connectivity index (χ4v) is 3.11. The molecule has 3 aromatic rings. The van der Waals surface area contributed by atoms with Gasteiger partial charge in [0.15, 0.2) is 0 Å². The van der Waals surface area contributed by atoms with Crippen molar-refractivity contribution in [3.8, 4) is 11.1 Å². The summed E-state index contributed by atoms with van der Waals surface area (Å²) in [7, 11) is 0. The summed E-state index contributed by atoms with van der Waals surface area (Å²) in [6.45, 7) is 0.761. The van der Waals surface area contributed by atoms with Crippen LogP contribution in [-0.4, -0.2) is 0 Å². The SMILES string of the molecule is Nc1ccc(N)c(-c2cscc2CNc2ccccc2)c1. The monoisotopic (exact) mass is 295 g/mol. The van der Waals surface area contributed by atoms with Crippen molar-refractivity contribution < 1.29 is 0 Å². The van der Waals surface area contributed by atoms with Crippen molar-refractivity contribution in [3.63, 3.8) is 0 Å². The van der Waals surface area contributed by atoms with E-state index in [2.05, 4.69) is 28.2 Å². The normalized spacial score (nSPS) is 10.5. The number of nitrogens with two attached hydrogens (primary N) is 2. The Labute approximate surface area is 128 Å². The first kappa shape index (κ1) is 13.5. The molecule has 0 amide bonds. The van der Waals surface area contributed by atoms with Crippen molar-refractivity contribution >= 4 is 28.4 Å². The zero-order valence-corrected chi connectivity index (χ0v) is 12.4. The first-order valence-electron chi connectivity index (χ1n) is 6.73. The van der Waals surface area contributed by atoms with E-state index in [1.165, 1.54) is 5.56 Å². The summed E-state index contributed by atoms with van der Waals surface area (Å²) in [6.07, 6.45) is 0. The molecule has 0 radical (unpaired) electrons. The maximum absolute atomic E-state index is 6.09. The molecule has 0 saturated carbocycles. The number of benzene rings is 2. The van der Waals surface area contributed by atoms with Gasteiger partial charge in [-0.15, -0.1) is 0 Å². The number of nitrogens with one attached hydrogen (secondary N) is 1. The largest absolute Gasteiger partial charge is 0.399 e. The van der Waals surface area contributed by atoms with Crippen LogP contribution >= 0.6 is 11.3 Å². The zero-order chi connectivity index (χ0) is 14.7. The number of anilines is 3. The molecule has 106 valence electrons. The molecule has 1 aromatic heterocycles. The standard InChI is InChI=1S/C17H17N3S/c18-13-6-7-17(19)15(8-13)16-11-21-10-12(16)9-20-14-4-2-1-3-5-14/h1-8,10-11,20H,9,18-19H2. The van der Waals surface area contributed by atoms with Crippen molar-refractivity contribution in [2.24, 2.45) is 0 Å². The average molecular weight is 295 g/mol. The highest BCUT2D eigenvalue weighted by atomic mass is 32.1. The highest BCUT2D eigenvalue weighted by Crippen LogP contribution is 2.33. The zero-order valence-electron chi connectivity index (χ0n) is 11.5. The van der Waals surface area contributed by atoms with E-state index in [4.69, 9.17) is 11.5 Å². The van der Waals surface area contributed by atoms with Gasteiger partial charge in [0.05, 0.1) is 0 Å². The van der Waals surface area contributed by atoms with Crippen LogP contribution in [0.3, 0.4) is 0 Å². The first-order valence-corrected chi connectivity index (χ1v) is 7.67. The molecule has 0 saturated heterocycles. The average Bonchev–Trinajstić information content (AvgIpc) is 2.97. The molecule has 0 bridgehead atoms. The summed E-state index contributed by atoms with van der Waals surface area (Å²) in [6, 6.07) is 15.8. The lowest BCUT2D eigenvalue weighted by molar-refractivity contribution is 1.17. The van der Waals surface area contributed by atoms with Crippen LogP contribution in [0.5, 0.6) is 0 Å². The Morgan fingerprint density at radius 2 is 1.71 bits per heavy atom. The molecule has 0 aliphatic heterocycles. The van der Waals surface area contributed by atoms with Crippen LogP contribution < -0.4 is 16.8 Å². The number of para-hydroxylation sites is 1. The van der Waals surface area contributed by atoms with E-state index in [1.54, 1.807) is 11.3 Å². The van der Waals surface area contributed by atoms with Gasteiger partial charge in [-0.1, -0.05) is 18.2 Å². The second kappa shape index (κ2) is 5.89. The summed E-state index contributed by atoms with van der Waals surface area (Å²) < 4.78 is 0. The maximum atomic E-state index is 6.09. The molecule has 3 rings (SSSR count). The lowest BCUT2D eigenvalue weighted by Gasteiger charge is -2.10. The van der Waals surface area contributed by atoms with Gasteiger partial charge in [0.1, 0.15) is 0 Å². The number of nitrogen functional groups attached to an aromatic ring is 2. The summed E-state index contributed by atoms with van der Waals surface area (Å²) in [5, 5.41) is 7.69. The Morgan fingerprint density at radius 1 is 0.905 bits per heavy atom. The van der Waals surface area contributed by atoms with Crippen LogP contribution in [0.4, 0.5) is 17.1 Å². The molecule has 21 heavy (non-hydrogen) atoms. The van der Waals surface area contributed by atoms with Crippen LogP contribution in [0.15, 0.2) is 59.3 Å². The Hall–Kier alpha value is -2.46. The third kappa shape index (κ3) is 3.01. The highest BCUT2D eigenvalue weighted by Gasteiger charge is 2.10. The highest BCUT2D eigenvalue weighted by molar-refractivity contribution is 7.08. The van der Waals surface area contributed by atoms with Crippen LogP contribution in [0.25, 0.3) is 11.1 Å². The number of hydrogen-bond acceptors (Lipinski definition) is 4. The molecule has 0 unspecified atom stereocenters. The van der Waals surface area contributed by atoms with E-state index in [0.717, 1.165) is 34.7 Å². The van der Waals surface area contributed by atoms with Gasteiger partial charge in [0.25, 0.3) is 0 Å². The van der Waals surface area contributed by atoms with E-state index in [0.29, 0.717) is 0 Å². The summed E-state index contributed by atoms with van der Waals surface area (Å²) in [5.74, 6) is 0. The predicted molar refractivity (Wildman–Crippen MR) is 92.3 cm³/mol. The fourth-order valence-electron chi connectivity index (χ4n) is 2.26. The van der Waals surface area contributed by atoms with Crippen LogP contribution in [-0.2, 0) is 6.54 Å². The summed E-state index contributed by atoms with van der Waals surface area (Å²) >= 11 is 1.67. The molecular formula is C17H17N3S. The number of hydrogen-bond donors (Lipinski definition) is 3. The van der Waals surface area contributed by atoms with Gasteiger partial charge in [0, 0.05) is 29.2 Å². The number of rotatable bonds is 4. The fraction of sp³-hybridized carbons (Fsp3) is 0.0588. The van der Waals surface area contributed by atoms with Crippen LogP contribution in [0, 0.1) is 0 Å². The lowest BCUT2D eigenvalue weighted by atomic mass is 10.0. The topological polar surface area (TPSA) is 64.1 Å². The summed E-state index contributed by atoms with van der Waals surface area (Å²) in [4.78, 5) is 0. The van der Waals surface area contributed by atoms with Gasteiger partial charge in [-0.2, -0.15) is 11.3 Å². The Kier molecular flexibility index (Phi) is 3.79. The van der Waals surface area contributed by atoms with Gasteiger partial charge < -0.3 is 16.8 Å². The molecule has 2 aromatic carbocycles. The van der Waals surface area contributed by atoms with E-state index in [-0.39, 0.29) is 0 Å². The van der Waals surface area contributed by atoms with Crippen LogP contribution in [0.2, 0.25) is 0 Å². The molecule has 4 heteroatoms. The Bertz CT molecular complexity index is 735. The van der Waals surface area contributed by atoms with Gasteiger partial charge in [-0.05, 0) is 52.2 Å². The van der Waals surface area contributed by atoms with Gasteiger partial charge in [0.2, 0.25) is 0 Å². The minimum absolute atomic E-state index is 0.729. The molecule has 5 N–H and O–H groups in total. The van der Waals surface area contributed by atoms with Crippen molar-refractivity contribution in [2.75, 3.05) is 16.8 Å². The van der Waals surface area contributed by atoms with E-state index >= 15 is 0 Å². The van der Waals surface area contributed by atoms with Gasteiger partial charge in [-0.25, -0.2) is 0 Å². The van der Waals surface area contributed by atoms with Crippen molar-refractivity contribution in [1.29, 1.82) is 0 Å². The molecule has 0 atom stereocenters. The van der Waals surface area contributed by atoms with Crippen molar-refractivity contribution in [1.82, 2.24) is 0 Å². The van der Waals surface area contributed by atoms with E-state index in [9.17, 15) is 0 Å². The van der Waals surface area contributed by atoms with Crippen molar-refractivity contribution in [2.45, 2.75) is 6.54 Å². The number of thiophene rings is 1. The predicted octanol–water partition coefficient (Wildman–Crippen LogP) is 4.19. The van der Waals surface area contributed by atoms with Crippen molar-refractivity contribution in [3.05, 3.63) is 64.9 Å². The Morgan fingerprint density at radius 3 is 2.52 bits per heavy atom. The second-order valence-corrected chi connectivity index (χ2v) is 5.62. The molecule has 3 nitrogen and oxygen atoms in total. The molecule has 1 heterocycles. The Balaban J connectivity index is 1.86.